The number of rotatable bonds is 6. The quantitative estimate of drug-likeness (QED) is 0.546. The molecule has 2 aromatic carbocycles. The van der Waals surface area contributed by atoms with E-state index in [1.54, 1.807) is 33.3 Å². The molecule has 1 heterocycles. The van der Waals surface area contributed by atoms with E-state index in [1.807, 2.05) is 63.2 Å². The number of hydrogen-bond donors (Lipinski definition) is 0. The van der Waals surface area contributed by atoms with Crippen molar-refractivity contribution in [3.05, 3.63) is 53.6 Å². The molecule has 0 saturated heterocycles. The second-order valence-corrected chi connectivity index (χ2v) is 8.72. The summed E-state index contributed by atoms with van der Waals surface area (Å²) < 4.78 is 27.8. The van der Waals surface area contributed by atoms with Gasteiger partial charge in [-0.3, -0.25) is 4.90 Å². The summed E-state index contributed by atoms with van der Waals surface area (Å²) >= 11 is 0. The van der Waals surface area contributed by atoms with Crippen LogP contribution in [0.3, 0.4) is 0 Å². The zero-order valence-electron chi connectivity index (χ0n) is 20.4. The van der Waals surface area contributed by atoms with Crippen molar-refractivity contribution in [3.8, 4) is 23.0 Å². The van der Waals surface area contributed by atoms with Crippen molar-refractivity contribution in [2.75, 3.05) is 28.4 Å². The van der Waals surface area contributed by atoms with Crippen LogP contribution in [-0.4, -0.2) is 45.0 Å². The summed E-state index contributed by atoms with van der Waals surface area (Å²) in [5.41, 5.74) is 1.82. The average molecular weight is 456 g/mol. The highest BCUT2D eigenvalue weighted by molar-refractivity contribution is 5.85. The molecule has 0 spiro atoms. The van der Waals surface area contributed by atoms with Gasteiger partial charge in [-0.15, -0.1) is 0 Å². The monoisotopic (exact) mass is 455 g/mol. The molecule has 0 fully saturated rings. The van der Waals surface area contributed by atoms with E-state index >= 15 is 0 Å². The maximum atomic E-state index is 13.5. The maximum absolute atomic E-state index is 13.5. The Balaban J connectivity index is 2.14. The summed E-state index contributed by atoms with van der Waals surface area (Å²) in [5.74, 6) is 2.26. The molecule has 1 aliphatic heterocycles. The molecule has 2 aromatic rings. The molecule has 0 saturated carbocycles. The number of amides is 1. The SMILES string of the molecule is COc1cccc([C@@H]2CCC=C(c3cc(OC)c(OC)c(OC)c3)N2C(=O)OC(C)(C)C)c1. The van der Waals surface area contributed by atoms with Crippen molar-refractivity contribution in [1.82, 2.24) is 4.90 Å². The zero-order valence-corrected chi connectivity index (χ0v) is 20.4. The Hall–Kier alpha value is -3.35. The molecule has 1 atom stereocenters. The van der Waals surface area contributed by atoms with E-state index in [4.69, 9.17) is 23.7 Å². The Morgan fingerprint density at radius 2 is 1.61 bits per heavy atom. The Morgan fingerprint density at radius 1 is 0.939 bits per heavy atom. The third-order valence-electron chi connectivity index (χ3n) is 5.38. The fourth-order valence-corrected chi connectivity index (χ4v) is 3.96. The fraction of sp³-hybridized carbons (Fsp3) is 0.423. The minimum absolute atomic E-state index is 0.228. The second-order valence-electron chi connectivity index (χ2n) is 8.72. The number of ether oxygens (including phenoxy) is 5. The Bertz CT molecular complexity index is 999. The number of carbonyl (C=O) groups is 1. The number of benzene rings is 2. The average Bonchev–Trinajstić information content (AvgIpc) is 2.81. The van der Waals surface area contributed by atoms with E-state index in [0.29, 0.717) is 17.2 Å². The van der Waals surface area contributed by atoms with E-state index in [2.05, 4.69) is 0 Å². The van der Waals surface area contributed by atoms with Crippen LogP contribution in [0.15, 0.2) is 42.5 Å². The fourth-order valence-electron chi connectivity index (χ4n) is 3.96. The Morgan fingerprint density at radius 3 is 2.15 bits per heavy atom. The van der Waals surface area contributed by atoms with Crippen LogP contribution >= 0.6 is 0 Å². The summed E-state index contributed by atoms with van der Waals surface area (Å²) in [5, 5.41) is 0. The molecule has 7 nitrogen and oxygen atoms in total. The van der Waals surface area contributed by atoms with Crippen molar-refractivity contribution >= 4 is 11.8 Å². The molecule has 0 N–H and O–H groups in total. The normalized spacial score (nSPS) is 16.0. The lowest BCUT2D eigenvalue weighted by Crippen LogP contribution is -2.39. The van der Waals surface area contributed by atoms with Gasteiger partial charge in [-0.2, -0.15) is 0 Å². The largest absolute Gasteiger partial charge is 0.497 e. The molecule has 0 bridgehead atoms. The first-order valence-electron chi connectivity index (χ1n) is 10.9. The topological polar surface area (TPSA) is 66.5 Å². The summed E-state index contributed by atoms with van der Waals surface area (Å²) in [4.78, 5) is 15.2. The summed E-state index contributed by atoms with van der Waals surface area (Å²) in [6.07, 6.45) is 3.16. The lowest BCUT2D eigenvalue weighted by atomic mass is 9.93. The van der Waals surface area contributed by atoms with Gasteiger partial charge < -0.3 is 23.7 Å². The molecule has 178 valence electrons. The van der Waals surface area contributed by atoms with Crippen LogP contribution in [0.4, 0.5) is 4.79 Å². The molecule has 0 aromatic heterocycles. The van der Waals surface area contributed by atoms with Crippen LogP contribution in [0.1, 0.15) is 50.8 Å². The van der Waals surface area contributed by atoms with Gasteiger partial charge in [0.2, 0.25) is 5.75 Å². The molecule has 3 rings (SSSR count). The van der Waals surface area contributed by atoms with Crippen molar-refractivity contribution in [2.24, 2.45) is 0 Å². The van der Waals surface area contributed by atoms with Gasteiger partial charge in [-0.1, -0.05) is 18.2 Å². The van der Waals surface area contributed by atoms with Crippen molar-refractivity contribution in [2.45, 2.75) is 45.3 Å². The Kier molecular flexibility index (Phi) is 7.41. The number of hydrogen-bond acceptors (Lipinski definition) is 6. The van der Waals surface area contributed by atoms with Crippen molar-refractivity contribution in [3.63, 3.8) is 0 Å². The summed E-state index contributed by atoms with van der Waals surface area (Å²) in [6, 6.07) is 11.2. The first kappa shape index (κ1) is 24.3. The molecule has 0 aliphatic carbocycles. The third kappa shape index (κ3) is 5.35. The molecular formula is C26H33NO6. The minimum Gasteiger partial charge on any atom is -0.497 e. The zero-order chi connectivity index (χ0) is 24.2. The van der Waals surface area contributed by atoms with Gasteiger partial charge in [0.1, 0.15) is 11.4 Å². The number of carbonyl (C=O) groups excluding carboxylic acids is 1. The highest BCUT2D eigenvalue weighted by Crippen LogP contribution is 2.44. The smallest absolute Gasteiger partial charge is 0.415 e. The summed E-state index contributed by atoms with van der Waals surface area (Å²) in [7, 11) is 6.33. The van der Waals surface area contributed by atoms with Crippen LogP contribution in [0, 0.1) is 0 Å². The van der Waals surface area contributed by atoms with Gasteiger partial charge in [-0.25, -0.2) is 4.79 Å². The highest BCUT2D eigenvalue weighted by atomic mass is 16.6. The van der Waals surface area contributed by atoms with Crippen molar-refractivity contribution in [1.29, 1.82) is 0 Å². The van der Waals surface area contributed by atoms with E-state index in [-0.39, 0.29) is 6.04 Å². The van der Waals surface area contributed by atoms with Gasteiger partial charge in [0.25, 0.3) is 0 Å². The van der Waals surface area contributed by atoms with E-state index in [9.17, 15) is 4.79 Å². The van der Waals surface area contributed by atoms with Crippen LogP contribution in [0.2, 0.25) is 0 Å². The third-order valence-corrected chi connectivity index (χ3v) is 5.38. The molecular weight excluding hydrogens is 422 g/mol. The molecule has 1 aliphatic rings. The number of allylic oxidation sites excluding steroid dienone is 1. The van der Waals surface area contributed by atoms with Crippen molar-refractivity contribution < 1.29 is 28.5 Å². The number of nitrogens with zero attached hydrogens (tertiary/aromatic N) is 1. The van der Waals surface area contributed by atoms with Crippen LogP contribution in [0.5, 0.6) is 23.0 Å². The Labute approximate surface area is 195 Å². The van der Waals surface area contributed by atoms with Gasteiger partial charge >= 0.3 is 6.09 Å². The van der Waals surface area contributed by atoms with E-state index in [1.165, 1.54) is 0 Å². The lowest BCUT2D eigenvalue weighted by Gasteiger charge is -2.38. The molecule has 1 amide bonds. The standard InChI is InChI=1S/C26H33NO6/c1-26(2,3)33-25(28)27-20(17-10-8-11-19(14-17)29-4)12-9-13-21(27)18-15-22(30-5)24(32-7)23(16-18)31-6/h8,10-11,13-16,20H,9,12H2,1-7H3/t20-/m0/s1. The van der Waals surface area contributed by atoms with Gasteiger partial charge in [0, 0.05) is 5.56 Å². The van der Waals surface area contributed by atoms with Gasteiger partial charge in [-0.05, 0) is 63.4 Å². The predicted molar refractivity (Wildman–Crippen MR) is 127 cm³/mol. The first-order valence-corrected chi connectivity index (χ1v) is 10.9. The van der Waals surface area contributed by atoms with Crippen LogP contribution < -0.4 is 18.9 Å². The molecule has 7 heteroatoms. The summed E-state index contributed by atoms with van der Waals surface area (Å²) in [6.45, 7) is 5.58. The predicted octanol–water partition coefficient (Wildman–Crippen LogP) is 5.83. The van der Waals surface area contributed by atoms with Gasteiger partial charge in [0.15, 0.2) is 11.5 Å². The van der Waals surface area contributed by atoms with Crippen LogP contribution in [0.25, 0.3) is 5.70 Å². The van der Waals surface area contributed by atoms with Crippen LogP contribution in [-0.2, 0) is 4.74 Å². The van der Waals surface area contributed by atoms with E-state index < -0.39 is 11.7 Å². The number of methoxy groups -OCH3 is 4. The second kappa shape index (κ2) is 10.1. The maximum Gasteiger partial charge on any atom is 0.415 e. The first-order chi connectivity index (χ1) is 15.7. The minimum atomic E-state index is -0.645. The highest BCUT2D eigenvalue weighted by Gasteiger charge is 2.35. The van der Waals surface area contributed by atoms with Gasteiger partial charge in [0.05, 0.1) is 40.2 Å². The lowest BCUT2D eigenvalue weighted by molar-refractivity contribution is 0.0274. The molecule has 0 unspecified atom stereocenters. The molecule has 0 radical (unpaired) electrons. The molecule has 33 heavy (non-hydrogen) atoms. The van der Waals surface area contributed by atoms with E-state index in [0.717, 1.165) is 35.4 Å².